The molecular formula is C10H14F3N3OS. The van der Waals surface area contributed by atoms with Crippen LogP contribution in [0.4, 0.5) is 13.2 Å². The van der Waals surface area contributed by atoms with E-state index in [0.717, 1.165) is 11.3 Å². The molecule has 0 saturated carbocycles. The first-order valence-corrected chi connectivity index (χ1v) is 6.09. The van der Waals surface area contributed by atoms with Crippen molar-refractivity contribution >= 4 is 17.2 Å². The Balaban J connectivity index is 2.92. The highest BCUT2D eigenvalue weighted by Gasteiger charge is 2.37. The van der Waals surface area contributed by atoms with Crippen molar-refractivity contribution in [3.05, 3.63) is 15.6 Å². The van der Waals surface area contributed by atoms with E-state index in [-0.39, 0.29) is 18.0 Å². The lowest BCUT2D eigenvalue weighted by atomic mass is 10.3. The molecule has 0 radical (unpaired) electrons. The van der Waals surface area contributed by atoms with Gasteiger partial charge in [0.25, 0.3) is 0 Å². The molecule has 0 unspecified atom stereocenters. The highest BCUT2D eigenvalue weighted by molar-refractivity contribution is 7.11. The molecule has 1 aromatic rings. The minimum atomic E-state index is -4.47. The molecule has 1 amide bonds. The number of hydrogen-bond donors (Lipinski definition) is 1. The zero-order valence-electron chi connectivity index (χ0n) is 10.0. The maximum atomic E-state index is 12.7. The molecule has 0 spiro atoms. The zero-order valence-corrected chi connectivity index (χ0v) is 10.9. The van der Waals surface area contributed by atoms with Crippen LogP contribution in [0, 0.1) is 6.92 Å². The average Bonchev–Trinajstić information content (AvgIpc) is 2.57. The van der Waals surface area contributed by atoms with E-state index in [1.54, 1.807) is 11.8 Å². The molecule has 2 N–H and O–H groups in total. The van der Waals surface area contributed by atoms with Gasteiger partial charge in [-0.1, -0.05) is 6.92 Å². The number of primary amides is 1. The van der Waals surface area contributed by atoms with Crippen LogP contribution < -0.4 is 5.73 Å². The lowest BCUT2D eigenvalue weighted by Gasteiger charge is -2.18. The second kappa shape index (κ2) is 5.66. The summed E-state index contributed by atoms with van der Waals surface area (Å²) in [5, 5.41) is 0.354. The second-order valence-electron chi connectivity index (χ2n) is 3.77. The lowest BCUT2D eigenvalue weighted by Crippen LogP contribution is -2.33. The zero-order chi connectivity index (χ0) is 13.9. The summed E-state index contributed by atoms with van der Waals surface area (Å²) in [6.07, 6.45) is -4.47. The van der Waals surface area contributed by atoms with Crippen LogP contribution >= 0.6 is 11.3 Å². The first-order chi connectivity index (χ1) is 8.24. The molecule has 0 fully saturated rings. The molecule has 0 aliphatic rings. The largest absolute Gasteiger partial charge is 0.434 e. The fourth-order valence-electron chi connectivity index (χ4n) is 1.50. The minimum absolute atomic E-state index is 0.0276. The number of amides is 1. The Morgan fingerprint density at radius 1 is 1.50 bits per heavy atom. The van der Waals surface area contributed by atoms with Crippen molar-refractivity contribution in [1.29, 1.82) is 0 Å². The van der Waals surface area contributed by atoms with Crippen LogP contribution in [-0.4, -0.2) is 28.9 Å². The molecule has 1 rings (SSSR count). The van der Waals surface area contributed by atoms with Gasteiger partial charge in [0.05, 0.1) is 16.4 Å². The predicted octanol–water partition coefficient (Wildman–Crippen LogP) is 1.78. The molecule has 4 nitrogen and oxygen atoms in total. The summed E-state index contributed by atoms with van der Waals surface area (Å²) in [5.74, 6) is -0.563. The fraction of sp³-hybridized carbons (Fsp3) is 0.600. The van der Waals surface area contributed by atoms with Crippen molar-refractivity contribution in [3.8, 4) is 0 Å². The summed E-state index contributed by atoms with van der Waals surface area (Å²) in [7, 11) is 0. The summed E-state index contributed by atoms with van der Waals surface area (Å²) < 4.78 is 38.1. The van der Waals surface area contributed by atoms with Gasteiger partial charge in [-0.25, -0.2) is 4.98 Å². The van der Waals surface area contributed by atoms with Gasteiger partial charge in [0, 0.05) is 6.54 Å². The summed E-state index contributed by atoms with van der Waals surface area (Å²) in [6.45, 7) is 3.68. The van der Waals surface area contributed by atoms with Gasteiger partial charge in [-0.15, -0.1) is 11.3 Å². The average molecular weight is 281 g/mol. The second-order valence-corrected chi connectivity index (χ2v) is 5.06. The highest BCUT2D eigenvalue weighted by atomic mass is 32.1. The molecule has 102 valence electrons. The number of carbonyl (C=O) groups excluding carboxylic acids is 1. The third-order valence-electron chi connectivity index (χ3n) is 2.27. The number of aryl methyl sites for hydroxylation is 1. The van der Waals surface area contributed by atoms with Crippen LogP contribution in [-0.2, 0) is 17.5 Å². The SMILES string of the molecule is CCN(CC(N)=O)Cc1sc(C)nc1C(F)(F)F. The normalized spacial score (nSPS) is 12.1. The van der Waals surface area contributed by atoms with Gasteiger partial charge in [-0.3, -0.25) is 9.69 Å². The van der Waals surface area contributed by atoms with Gasteiger partial charge in [0.1, 0.15) is 0 Å². The van der Waals surface area contributed by atoms with Gasteiger partial charge in [0.2, 0.25) is 5.91 Å². The van der Waals surface area contributed by atoms with E-state index < -0.39 is 17.8 Å². The lowest BCUT2D eigenvalue weighted by molar-refractivity contribution is -0.141. The molecule has 18 heavy (non-hydrogen) atoms. The molecule has 0 saturated heterocycles. The van der Waals surface area contributed by atoms with Crippen LogP contribution in [0.25, 0.3) is 0 Å². The van der Waals surface area contributed by atoms with E-state index >= 15 is 0 Å². The maximum Gasteiger partial charge on any atom is 0.434 e. The molecule has 1 heterocycles. The van der Waals surface area contributed by atoms with E-state index in [1.807, 2.05) is 0 Å². The number of alkyl halides is 3. The molecule has 1 aromatic heterocycles. The third-order valence-corrected chi connectivity index (χ3v) is 3.22. The molecule has 0 aromatic carbocycles. The van der Waals surface area contributed by atoms with Gasteiger partial charge in [-0.05, 0) is 13.5 Å². The molecule has 0 atom stereocenters. The van der Waals surface area contributed by atoms with E-state index in [2.05, 4.69) is 4.98 Å². The van der Waals surface area contributed by atoms with E-state index in [4.69, 9.17) is 5.73 Å². The maximum absolute atomic E-state index is 12.7. The first-order valence-electron chi connectivity index (χ1n) is 5.28. The smallest absolute Gasteiger partial charge is 0.369 e. The molecule has 0 aliphatic heterocycles. The molecule has 8 heteroatoms. The Morgan fingerprint density at radius 2 is 2.11 bits per heavy atom. The summed E-state index contributed by atoms with van der Waals surface area (Å²) in [5.41, 5.74) is 4.17. The number of carbonyl (C=O) groups is 1. The third kappa shape index (κ3) is 3.95. The minimum Gasteiger partial charge on any atom is -0.369 e. The van der Waals surface area contributed by atoms with Crippen LogP contribution in [0.2, 0.25) is 0 Å². The summed E-state index contributed by atoms with van der Waals surface area (Å²) in [4.78, 5) is 16.0. The highest BCUT2D eigenvalue weighted by Crippen LogP contribution is 2.34. The van der Waals surface area contributed by atoms with Crippen LogP contribution in [0.1, 0.15) is 22.5 Å². The van der Waals surface area contributed by atoms with Crippen molar-refractivity contribution in [3.63, 3.8) is 0 Å². The van der Waals surface area contributed by atoms with E-state index in [1.165, 1.54) is 6.92 Å². The van der Waals surface area contributed by atoms with Crippen molar-refractivity contribution in [2.24, 2.45) is 5.73 Å². The monoisotopic (exact) mass is 281 g/mol. The summed E-state index contributed by atoms with van der Waals surface area (Å²) in [6, 6.07) is 0. The van der Waals surface area contributed by atoms with Crippen LogP contribution in [0.15, 0.2) is 0 Å². The van der Waals surface area contributed by atoms with Gasteiger partial charge >= 0.3 is 6.18 Å². The Bertz CT molecular complexity index is 430. The number of rotatable bonds is 5. The number of nitrogens with two attached hydrogens (primary N) is 1. The number of likely N-dealkylation sites (N-methyl/N-ethyl adjacent to an activating group) is 1. The number of thiazole rings is 1. The molecular weight excluding hydrogens is 267 g/mol. The van der Waals surface area contributed by atoms with Crippen molar-refractivity contribution < 1.29 is 18.0 Å². The molecule has 0 aliphatic carbocycles. The topological polar surface area (TPSA) is 59.2 Å². The Hall–Kier alpha value is -1.15. The Labute approximate surface area is 107 Å². The first kappa shape index (κ1) is 14.9. The van der Waals surface area contributed by atoms with Gasteiger partial charge < -0.3 is 5.73 Å². The number of nitrogens with zero attached hydrogens (tertiary/aromatic N) is 2. The van der Waals surface area contributed by atoms with Crippen molar-refractivity contribution in [2.75, 3.05) is 13.1 Å². The fourth-order valence-corrected chi connectivity index (χ4v) is 2.50. The Kier molecular flexibility index (Phi) is 4.69. The summed E-state index contributed by atoms with van der Waals surface area (Å²) >= 11 is 0.987. The standard InChI is InChI=1S/C10H14F3N3OS/c1-3-16(5-8(14)17)4-7-9(10(11,12)13)15-6(2)18-7/h3-5H2,1-2H3,(H2,14,17). The van der Waals surface area contributed by atoms with Crippen molar-refractivity contribution in [1.82, 2.24) is 9.88 Å². The number of hydrogen-bond acceptors (Lipinski definition) is 4. The van der Waals surface area contributed by atoms with Gasteiger partial charge in [-0.2, -0.15) is 13.2 Å². The van der Waals surface area contributed by atoms with Crippen LogP contribution in [0.5, 0.6) is 0 Å². The van der Waals surface area contributed by atoms with Crippen molar-refractivity contribution in [2.45, 2.75) is 26.6 Å². The van der Waals surface area contributed by atoms with Gasteiger partial charge in [0.15, 0.2) is 5.69 Å². The quantitative estimate of drug-likeness (QED) is 0.895. The number of halogens is 3. The van der Waals surface area contributed by atoms with E-state index in [9.17, 15) is 18.0 Å². The molecule has 0 bridgehead atoms. The van der Waals surface area contributed by atoms with Crippen LogP contribution in [0.3, 0.4) is 0 Å². The Morgan fingerprint density at radius 3 is 2.56 bits per heavy atom. The number of aromatic nitrogens is 1. The van der Waals surface area contributed by atoms with E-state index in [0.29, 0.717) is 11.6 Å². The predicted molar refractivity (Wildman–Crippen MR) is 62.0 cm³/mol.